The SMILES string of the molecule is O=C(OC(CC(Cc1ccc(F)cc1)Oc1ccc(C(F)(F)F)cc1)NCc1ccccc1)C(O)c1ccccc1. The molecule has 2 N–H and O–H groups in total. The first kappa shape index (κ1) is 29.8. The Balaban J connectivity index is 1.55. The molecule has 0 aliphatic rings. The van der Waals surface area contributed by atoms with E-state index in [1.54, 1.807) is 42.5 Å². The van der Waals surface area contributed by atoms with Crippen LogP contribution >= 0.6 is 0 Å². The standard InChI is InChI=1S/C32H29F4NO4/c33-26-15-11-22(12-16-26)19-28(40-27-17-13-25(14-18-27)32(34,35)36)20-29(37-21-23-7-3-1-4-8-23)41-31(39)30(38)24-9-5-2-6-10-24/h1-18,28-30,37-38H,19-21H2. The number of rotatable bonds is 12. The zero-order valence-corrected chi connectivity index (χ0v) is 21.9. The molecular formula is C32H29F4NO4. The van der Waals surface area contributed by atoms with Crippen LogP contribution < -0.4 is 10.1 Å². The Bertz CT molecular complexity index is 1370. The van der Waals surface area contributed by atoms with Crippen molar-refractivity contribution in [1.82, 2.24) is 5.32 Å². The molecule has 4 aromatic carbocycles. The van der Waals surface area contributed by atoms with Crippen molar-refractivity contribution in [3.63, 3.8) is 0 Å². The highest BCUT2D eigenvalue weighted by Crippen LogP contribution is 2.31. The number of hydrogen-bond acceptors (Lipinski definition) is 5. The molecule has 4 aromatic rings. The average Bonchev–Trinajstić information content (AvgIpc) is 2.97. The fourth-order valence-corrected chi connectivity index (χ4v) is 4.19. The molecule has 0 saturated heterocycles. The molecule has 0 amide bonds. The molecule has 0 radical (unpaired) electrons. The van der Waals surface area contributed by atoms with Crippen molar-refractivity contribution in [2.75, 3.05) is 0 Å². The third-order valence-corrected chi connectivity index (χ3v) is 6.31. The van der Waals surface area contributed by atoms with Gasteiger partial charge in [-0.15, -0.1) is 0 Å². The van der Waals surface area contributed by atoms with Crippen LogP contribution in [0.3, 0.4) is 0 Å². The first-order valence-corrected chi connectivity index (χ1v) is 13.0. The summed E-state index contributed by atoms with van der Waals surface area (Å²) in [4.78, 5) is 12.9. The van der Waals surface area contributed by atoms with Crippen molar-refractivity contribution in [2.45, 2.75) is 44.0 Å². The number of esters is 1. The van der Waals surface area contributed by atoms with E-state index in [-0.39, 0.29) is 18.6 Å². The molecule has 0 aromatic heterocycles. The van der Waals surface area contributed by atoms with Crippen molar-refractivity contribution >= 4 is 5.97 Å². The molecule has 0 saturated carbocycles. The van der Waals surface area contributed by atoms with Gasteiger partial charge in [-0.05, 0) is 53.1 Å². The van der Waals surface area contributed by atoms with E-state index < -0.39 is 42.0 Å². The van der Waals surface area contributed by atoms with Crippen molar-refractivity contribution in [2.24, 2.45) is 0 Å². The van der Waals surface area contributed by atoms with E-state index in [2.05, 4.69) is 5.32 Å². The molecule has 9 heteroatoms. The predicted molar refractivity (Wildman–Crippen MR) is 145 cm³/mol. The van der Waals surface area contributed by atoms with Crippen molar-refractivity contribution in [3.05, 3.63) is 137 Å². The number of hydrogen-bond donors (Lipinski definition) is 2. The van der Waals surface area contributed by atoms with Crippen LogP contribution in [-0.4, -0.2) is 23.4 Å². The van der Waals surface area contributed by atoms with Crippen LogP contribution in [0.2, 0.25) is 0 Å². The van der Waals surface area contributed by atoms with Crippen LogP contribution in [0.15, 0.2) is 109 Å². The highest BCUT2D eigenvalue weighted by Gasteiger charge is 2.30. The zero-order valence-electron chi connectivity index (χ0n) is 21.9. The first-order chi connectivity index (χ1) is 19.7. The molecule has 0 aliphatic heterocycles. The smallest absolute Gasteiger partial charge is 0.416 e. The number of nitrogens with one attached hydrogen (secondary N) is 1. The topological polar surface area (TPSA) is 67.8 Å². The summed E-state index contributed by atoms with van der Waals surface area (Å²) >= 11 is 0. The molecule has 0 bridgehead atoms. The van der Waals surface area contributed by atoms with Crippen LogP contribution in [0.25, 0.3) is 0 Å². The molecule has 3 atom stereocenters. The molecule has 5 nitrogen and oxygen atoms in total. The number of aliphatic hydroxyl groups is 1. The molecule has 4 rings (SSSR count). The summed E-state index contributed by atoms with van der Waals surface area (Å²) in [5.41, 5.74) is 1.17. The molecule has 0 spiro atoms. The molecule has 0 fully saturated rings. The van der Waals surface area contributed by atoms with Gasteiger partial charge in [0.25, 0.3) is 0 Å². The van der Waals surface area contributed by atoms with Gasteiger partial charge in [0.1, 0.15) is 17.7 Å². The second kappa shape index (κ2) is 13.9. The third kappa shape index (κ3) is 9.16. The Morgan fingerprint density at radius 3 is 2.02 bits per heavy atom. The van der Waals surface area contributed by atoms with Gasteiger partial charge in [-0.2, -0.15) is 13.2 Å². The Morgan fingerprint density at radius 2 is 1.41 bits per heavy atom. The summed E-state index contributed by atoms with van der Waals surface area (Å²) in [6.45, 7) is 0.323. The fourth-order valence-electron chi connectivity index (χ4n) is 4.19. The van der Waals surface area contributed by atoms with Crippen molar-refractivity contribution < 1.29 is 36.9 Å². The maximum atomic E-state index is 13.5. The van der Waals surface area contributed by atoms with Gasteiger partial charge >= 0.3 is 12.1 Å². The molecule has 0 heterocycles. The quantitative estimate of drug-likeness (QED) is 0.115. The van der Waals surface area contributed by atoms with Gasteiger partial charge in [0.2, 0.25) is 0 Å². The van der Waals surface area contributed by atoms with Gasteiger partial charge < -0.3 is 14.6 Å². The summed E-state index contributed by atoms with van der Waals surface area (Å²) in [6.07, 6.45) is -7.36. The lowest BCUT2D eigenvalue weighted by atomic mass is 10.0. The lowest BCUT2D eigenvalue weighted by molar-refractivity contribution is -0.162. The van der Waals surface area contributed by atoms with Gasteiger partial charge in [-0.1, -0.05) is 72.8 Å². The van der Waals surface area contributed by atoms with Crippen molar-refractivity contribution in [1.29, 1.82) is 0 Å². The Morgan fingerprint density at radius 1 is 0.805 bits per heavy atom. The fraction of sp³-hybridized carbons (Fsp3) is 0.219. The minimum absolute atomic E-state index is 0.0679. The van der Waals surface area contributed by atoms with Crippen LogP contribution in [0.1, 0.15) is 34.8 Å². The summed E-state index contributed by atoms with van der Waals surface area (Å²) < 4.78 is 64.5. The molecule has 41 heavy (non-hydrogen) atoms. The number of carbonyl (C=O) groups is 1. The van der Waals surface area contributed by atoms with Crippen molar-refractivity contribution in [3.8, 4) is 5.75 Å². The molecule has 3 unspecified atom stereocenters. The van der Waals surface area contributed by atoms with Crippen LogP contribution in [-0.2, 0) is 28.7 Å². The Hall–Kier alpha value is -4.21. The van der Waals surface area contributed by atoms with Crippen LogP contribution in [0.5, 0.6) is 5.75 Å². The lowest BCUT2D eigenvalue weighted by Crippen LogP contribution is -2.39. The number of halogens is 4. The van der Waals surface area contributed by atoms with E-state index in [9.17, 15) is 27.5 Å². The monoisotopic (exact) mass is 567 g/mol. The van der Waals surface area contributed by atoms with Crippen LogP contribution in [0, 0.1) is 5.82 Å². The zero-order chi connectivity index (χ0) is 29.2. The van der Waals surface area contributed by atoms with Gasteiger partial charge in [0.15, 0.2) is 12.3 Å². The van der Waals surface area contributed by atoms with Gasteiger partial charge in [-0.3, -0.25) is 5.32 Å². The molecular weight excluding hydrogens is 538 g/mol. The largest absolute Gasteiger partial charge is 0.490 e. The summed E-state index contributed by atoms with van der Waals surface area (Å²) in [7, 11) is 0. The van der Waals surface area contributed by atoms with Crippen LogP contribution in [0.4, 0.5) is 17.6 Å². The number of alkyl halides is 3. The molecule has 214 valence electrons. The minimum Gasteiger partial charge on any atom is -0.490 e. The maximum absolute atomic E-state index is 13.5. The van der Waals surface area contributed by atoms with E-state index in [0.717, 1.165) is 17.7 Å². The van der Waals surface area contributed by atoms with E-state index >= 15 is 0 Å². The normalized spacial score (nSPS) is 13.7. The second-order valence-electron chi connectivity index (χ2n) is 9.43. The van der Waals surface area contributed by atoms with Gasteiger partial charge in [-0.25, -0.2) is 9.18 Å². The average molecular weight is 568 g/mol. The number of carbonyl (C=O) groups excluding carboxylic acids is 1. The summed E-state index contributed by atoms with van der Waals surface area (Å²) in [5, 5.41) is 13.8. The Kier molecular flexibility index (Phi) is 10.1. The lowest BCUT2D eigenvalue weighted by Gasteiger charge is -2.27. The third-order valence-electron chi connectivity index (χ3n) is 6.31. The summed E-state index contributed by atoms with van der Waals surface area (Å²) in [6, 6.07) is 27.7. The van der Waals surface area contributed by atoms with E-state index in [1.165, 1.54) is 24.3 Å². The minimum atomic E-state index is -4.49. The maximum Gasteiger partial charge on any atom is 0.416 e. The number of ether oxygens (including phenoxy) is 2. The highest BCUT2D eigenvalue weighted by atomic mass is 19.4. The van der Waals surface area contributed by atoms with E-state index in [4.69, 9.17) is 9.47 Å². The van der Waals surface area contributed by atoms with Gasteiger partial charge in [0, 0.05) is 19.4 Å². The summed E-state index contributed by atoms with van der Waals surface area (Å²) in [5.74, 6) is -1.11. The highest BCUT2D eigenvalue weighted by molar-refractivity contribution is 5.76. The Labute approximate surface area is 235 Å². The number of aliphatic hydroxyl groups excluding tert-OH is 1. The predicted octanol–water partition coefficient (Wildman–Crippen LogP) is 6.62. The van der Waals surface area contributed by atoms with E-state index in [0.29, 0.717) is 17.7 Å². The number of benzene rings is 4. The van der Waals surface area contributed by atoms with E-state index in [1.807, 2.05) is 30.3 Å². The first-order valence-electron chi connectivity index (χ1n) is 13.0. The second-order valence-corrected chi connectivity index (χ2v) is 9.43. The van der Waals surface area contributed by atoms with Gasteiger partial charge in [0.05, 0.1) is 5.56 Å². The molecule has 0 aliphatic carbocycles.